The van der Waals surface area contributed by atoms with Crippen molar-refractivity contribution in [2.75, 3.05) is 13.1 Å². The van der Waals surface area contributed by atoms with Gasteiger partial charge in [-0.25, -0.2) is 13.1 Å². The molecule has 31 heavy (non-hydrogen) atoms. The van der Waals surface area contributed by atoms with Crippen molar-refractivity contribution in [3.63, 3.8) is 0 Å². The molecule has 1 saturated heterocycles. The summed E-state index contributed by atoms with van der Waals surface area (Å²) >= 11 is 0. The van der Waals surface area contributed by atoms with Gasteiger partial charge >= 0.3 is 0 Å². The molecule has 0 radical (unpaired) electrons. The molecule has 1 fully saturated rings. The van der Waals surface area contributed by atoms with E-state index >= 15 is 0 Å². The van der Waals surface area contributed by atoms with Crippen LogP contribution in [-0.4, -0.2) is 51.9 Å². The second-order valence-corrected chi connectivity index (χ2v) is 9.41. The molecule has 9 nitrogen and oxygen atoms in total. The first-order valence-corrected chi connectivity index (χ1v) is 11.6. The van der Waals surface area contributed by atoms with Crippen molar-refractivity contribution in [2.45, 2.75) is 36.7 Å². The van der Waals surface area contributed by atoms with Gasteiger partial charge in [0.15, 0.2) is 0 Å². The molecule has 1 aliphatic heterocycles. The summed E-state index contributed by atoms with van der Waals surface area (Å²) in [7, 11) is -3.44. The van der Waals surface area contributed by atoms with E-state index < -0.39 is 16.1 Å². The Labute approximate surface area is 181 Å². The zero-order valence-electron chi connectivity index (χ0n) is 17.0. The van der Waals surface area contributed by atoms with Crippen molar-refractivity contribution in [2.24, 2.45) is 0 Å². The molecule has 162 valence electrons. The highest BCUT2D eigenvalue weighted by molar-refractivity contribution is 7.89. The smallest absolute Gasteiger partial charge is 0.245 e. The number of tetrazole rings is 1. The zero-order valence-corrected chi connectivity index (χ0v) is 17.8. The number of carbonyl (C=O) groups excluding carboxylic acids is 1. The van der Waals surface area contributed by atoms with Crippen molar-refractivity contribution in [1.29, 1.82) is 0 Å². The maximum absolute atomic E-state index is 12.9. The van der Waals surface area contributed by atoms with Crippen LogP contribution in [0.1, 0.15) is 30.0 Å². The van der Waals surface area contributed by atoms with Gasteiger partial charge in [0, 0.05) is 26.1 Å². The average Bonchev–Trinajstić information content (AvgIpc) is 3.52. The molecule has 0 spiro atoms. The van der Waals surface area contributed by atoms with E-state index in [1.54, 1.807) is 24.3 Å². The van der Waals surface area contributed by atoms with Crippen LogP contribution in [0, 0.1) is 0 Å². The number of amides is 1. The fraction of sp³-hybridized carbons (Fsp3) is 0.333. The third-order valence-electron chi connectivity index (χ3n) is 5.35. The van der Waals surface area contributed by atoms with Gasteiger partial charge in [-0.05, 0) is 46.5 Å². The van der Waals surface area contributed by atoms with Gasteiger partial charge in [-0.1, -0.05) is 42.5 Å². The first-order chi connectivity index (χ1) is 15.0. The lowest BCUT2D eigenvalue weighted by Gasteiger charge is -2.17. The standard InChI is InChI=1S/C21H24N6O3S/c28-21(20(27-16-23-24-25-27)14-17-6-2-1-3-7-17)22-15-18-8-10-19(11-9-18)31(29,30)26-12-4-5-13-26/h1-3,6-11,16,20H,4-5,12-15H2,(H,22,28). The first kappa shape index (κ1) is 21.1. The van der Waals surface area contributed by atoms with Gasteiger partial charge in [-0.2, -0.15) is 4.31 Å². The van der Waals surface area contributed by atoms with Crippen molar-refractivity contribution in [3.05, 3.63) is 72.1 Å². The van der Waals surface area contributed by atoms with Crippen LogP contribution in [0.5, 0.6) is 0 Å². The summed E-state index contributed by atoms with van der Waals surface area (Å²) < 4.78 is 28.2. The Kier molecular flexibility index (Phi) is 6.38. The predicted octanol–water partition coefficient (Wildman–Crippen LogP) is 1.56. The van der Waals surface area contributed by atoms with E-state index in [4.69, 9.17) is 0 Å². The molecule has 1 atom stereocenters. The van der Waals surface area contributed by atoms with Crippen LogP contribution in [0.15, 0.2) is 65.8 Å². The molecule has 1 N–H and O–H groups in total. The highest BCUT2D eigenvalue weighted by Gasteiger charge is 2.27. The van der Waals surface area contributed by atoms with Gasteiger partial charge < -0.3 is 5.32 Å². The lowest BCUT2D eigenvalue weighted by molar-refractivity contribution is -0.124. The largest absolute Gasteiger partial charge is 0.350 e. The second kappa shape index (κ2) is 9.36. The van der Waals surface area contributed by atoms with Crippen LogP contribution >= 0.6 is 0 Å². The van der Waals surface area contributed by atoms with Gasteiger partial charge in [-0.15, -0.1) is 5.10 Å². The van der Waals surface area contributed by atoms with E-state index in [1.165, 1.54) is 15.3 Å². The van der Waals surface area contributed by atoms with Gasteiger partial charge in [0.25, 0.3) is 0 Å². The van der Waals surface area contributed by atoms with Crippen LogP contribution in [0.3, 0.4) is 0 Å². The average molecular weight is 441 g/mol. The highest BCUT2D eigenvalue weighted by Crippen LogP contribution is 2.21. The predicted molar refractivity (Wildman–Crippen MR) is 113 cm³/mol. The molecular weight excluding hydrogens is 416 g/mol. The molecule has 1 aromatic heterocycles. The summed E-state index contributed by atoms with van der Waals surface area (Å²) in [5, 5.41) is 14.1. The van der Waals surface area contributed by atoms with Gasteiger partial charge in [0.2, 0.25) is 15.9 Å². The minimum Gasteiger partial charge on any atom is -0.350 e. The van der Waals surface area contributed by atoms with Crippen LogP contribution in [0.4, 0.5) is 0 Å². The summed E-state index contributed by atoms with van der Waals surface area (Å²) in [5.74, 6) is -0.218. The van der Waals surface area contributed by atoms with E-state index in [0.717, 1.165) is 24.0 Å². The molecule has 0 bridgehead atoms. The number of hydrogen-bond acceptors (Lipinski definition) is 6. The summed E-state index contributed by atoms with van der Waals surface area (Å²) in [6.45, 7) is 1.41. The molecule has 10 heteroatoms. The SMILES string of the molecule is O=C(NCc1ccc(S(=O)(=O)N2CCCC2)cc1)C(Cc1ccccc1)n1cnnn1. The molecule has 4 rings (SSSR count). The summed E-state index contributed by atoms with van der Waals surface area (Å²) in [5.41, 5.74) is 1.80. The van der Waals surface area contributed by atoms with Crippen molar-refractivity contribution in [3.8, 4) is 0 Å². The van der Waals surface area contributed by atoms with E-state index in [-0.39, 0.29) is 17.3 Å². The molecule has 3 aromatic rings. The molecular formula is C21H24N6O3S. The Morgan fingerprint density at radius 3 is 2.35 bits per heavy atom. The number of benzene rings is 2. The molecule has 0 saturated carbocycles. The summed E-state index contributed by atoms with van der Waals surface area (Å²) in [6, 6.07) is 15.7. The van der Waals surface area contributed by atoms with E-state index in [0.29, 0.717) is 19.5 Å². The quantitative estimate of drug-likeness (QED) is 0.569. The van der Waals surface area contributed by atoms with Gasteiger partial charge in [0.1, 0.15) is 12.4 Å². The van der Waals surface area contributed by atoms with Crippen molar-refractivity contribution >= 4 is 15.9 Å². The topological polar surface area (TPSA) is 110 Å². The Balaban J connectivity index is 1.41. The lowest BCUT2D eigenvalue weighted by Crippen LogP contribution is -2.34. The summed E-state index contributed by atoms with van der Waals surface area (Å²) in [6.07, 6.45) is 3.67. The van der Waals surface area contributed by atoms with Crippen molar-refractivity contribution in [1.82, 2.24) is 29.8 Å². The number of aromatic nitrogens is 4. The summed E-state index contributed by atoms with van der Waals surface area (Å²) in [4.78, 5) is 13.2. The number of rotatable bonds is 8. The van der Waals surface area contributed by atoms with Crippen molar-refractivity contribution < 1.29 is 13.2 Å². The number of nitrogens with one attached hydrogen (secondary N) is 1. The molecule has 1 amide bonds. The maximum atomic E-state index is 12.9. The fourth-order valence-corrected chi connectivity index (χ4v) is 5.14. The minimum atomic E-state index is -3.44. The molecule has 2 heterocycles. The van der Waals surface area contributed by atoms with Gasteiger partial charge in [-0.3, -0.25) is 4.79 Å². The Morgan fingerprint density at radius 2 is 1.71 bits per heavy atom. The molecule has 1 aliphatic rings. The van der Waals surface area contributed by atoms with Crippen LogP contribution < -0.4 is 5.32 Å². The highest BCUT2D eigenvalue weighted by atomic mass is 32.2. The molecule has 1 unspecified atom stereocenters. The lowest BCUT2D eigenvalue weighted by atomic mass is 10.1. The fourth-order valence-electron chi connectivity index (χ4n) is 3.62. The number of hydrogen-bond donors (Lipinski definition) is 1. The maximum Gasteiger partial charge on any atom is 0.245 e. The minimum absolute atomic E-state index is 0.218. The Morgan fingerprint density at radius 1 is 1.00 bits per heavy atom. The first-order valence-electron chi connectivity index (χ1n) is 10.2. The number of nitrogens with zero attached hydrogens (tertiary/aromatic N) is 5. The Bertz CT molecular complexity index is 1100. The van der Waals surface area contributed by atoms with Crippen LogP contribution in [0.25, 0.3) is 0 Å². The third-order valence-corrected chi connectivity index (χ3v) is 7.26. The second-order valence-electron chi connectivity index (χ2n) is 7.47. The Hall–Kier alpha value is -3.11. The molecule has 2 aromatic carbocycles. The van der Waals surface area contributed by atoms with E-state index in [2.05, 4.69) is 20.8 Å². The van der Waals surface area contributed by atoms with Gasteiger partial charge in [0.05, 0.1) is 4.90 Å². The monoisotopic (exact) mass is 440 g/mol. The number of sulfonamides is 1. The van der Waals surface area contributed by atoms with E-state index in [1.807, 2.05) is 30.3 Å². The third kappa shape index (κ3) is 4.97. The zero-order chi connectivity index (χ0) is 21.7. The molecule has 0 aliphatic carbocycles. The normalized spacial score (nSPS) is 15.6. The van der Waals surface area contributed by atoms with Crippen LogP contribution in [0.2, 0.25) is 0 Å². The van der Waals surface area contributed by atoms with Crippen LogP contribution in [-0.2, 0) is 27.8 Å². The number of carbonyl (C=O) groups is 1. The van der Waals surface area contributed by atoms with E-state index in [9.17, 15) is 13.2 Å².